The molecule has 0 radical (unpaired) electrons. The summed E-state index contributed by atoms with van der Waals surface area (Å²) in [5.74, 6) is 2.32. The highest BCUT2D eigenvalue weighted by Crippen LogP contribution is 2.38. The molecule has 2 atom stereocenters. The monoisotopic (exact) mass is 423 g/mol. The molecule has 0 aliphatic rings. The molecule has 1 heterocycles. The zero-order chi connectivity index (χ0) is 22.4. The smallest absolute Gasteiger partial charge is 0.244 e. The maximum atomic E-state index is 12.7. The van der Waals surface area contributed by atoms with E-state index in [1.165, 1.54) is 6.08 Å². The van der Waals surface area contributed by atoms with Crippen LogP contribution in [0.2, 0.25) is 0 Å². The lowest BCUT2D eigenvalue weighted by Crippen LogP contribution is -2.32. The van der Waals surface area contributed by atoms with Gasteiger partial charge < -0.3 is 24.5 Å². The Morgan fingerprint density at radius 1 is 1.13 bits per heavy atom. The fourth-order valence-corrected chi connectivity index (χ4v) is 3.41. The largest absolute Gasteiger partial charge is 0.493 e. The summed E-state index contributed by atoms with van der Waals surface area (Å²) in [7, 11) is 4.67. The molecule has 2 unspecified atom stereocenters. The summed E-state index contributed by atoms with van der Waals surface area (Å²) >= 11 is 0. The van der Waals surface area contributed by atoms with Crippen LogP contribution in [-0.4, -0.2) is 37.2 Å². The number of imidazole rings is 1. The minimum absolute atomic E-state index is 0.207. The Labute approximate surface area is 182 Å². The number of H-pyrrole nitrogens is 1. The quantitative estimate of drug-likeness (QED) is 0.495. The number of methoxy groups -OCH3 is 3. The molecule has 7 heteroatoms. The van der Waals surface area contributed by atoms with Crippen molar-refractivity contribution in [3.8, 4) is 17.2 Å². The second-order valence-electron chi connectivity index (χ2n) is 7.30. The van der Waals surface area contributed by atoms with Gasteiger partial charge in [-0.05, 0) is 41.8 Å². The number of aromatic amines is 1. The van der Waals surface area contributed by atoms with Gasteiger partial charge in [-0.25, -0.2) is 4.98 Å². The Morgan fingerprint density at radius 2 is 1.81 bits per heavy atom. The molecular weight excluding hydrogens is 394 g/mol. The number of benzene rings is 2. The number of rotatable bonds is 9. The van der Waals surface area contributed by atoms with Gasteiger partial charge in [-0.1, -0.05) is 32.4 Å². The van der Waals surface area contributed by atoms with Crippen molar-refractivity contribution in [3.05, 3.63) is 53.9 Å². The minimum Gasteiger partial charge on any atom is -0.493 e. The van der Waals surface area contributed by atoms with E-state index in [-0.39, 0.29) is 17.9 Å². The van der Waals surface area contributed by atoms with Crippen LogP contribution in [-0.2, 0) is 4.79 Å². The first-order valence-corrected chi connectivity index (χ1v) is 10.2. The van der Waals surface area contributed by atoms with Crippen LogP contribution >= 0.6 is 0 Å². The molecule has 0 bridgehead atoms. The van der Waals surface area contributed by atoms with E-state index in [1.807, 2.05) is 24.3 Å². The van der Waals surface area contributed by atoms with Crippen LogP contribution in [0.4, 0.5) is 0 Å². The van der Waals surface area contributed by atoms with Crippen molar-refractivity contribution in [1.82, 2.24) is 15.3 Å². The maximum Gasteiger partial charge on any atom is 0.244 e. The molecule has 1 amide bonds. The lowest BCUT2D eigenvalue weighted by Gasteiger charge is -2.21. The Morgan fingerprint density at radius 3 is 2.39 bits per heavy atom. The van der Waals surface area contributed by atoms with Crippen LogP contribution < -0.4 is 19.5 Å². The van der Waals surface area contributed by atoms with Gasteiger partial charge in [-0.2, -0.15) is 0 Å². The van der Waals surface area contributed by atoms with E-state index in [4.69, 9.17) is 14.2 Å². The van der Waals surface area contributed by atoms with Crippen molar-refractivity contribution in [3.63, 3.8) is 0 Å². The summed E-state index contributed by atoms with van der Waals surface area (Å²) in [5, 5.41) is 3.09. The molecule has 0 saturated carbocycles. The average Bonchev–Trinajstić information content (AvgIpc) is 3.23. The zero-order valence-electron chi connectivity index (χ0n) is 18.6. The highest BCUT2D eigenvalue weighted by atomic mass is 16.5. The molecule has 7 nitrogen and oxygen atoms in total. The number of nitrogens with one attached hydrogen (secondary N) is 2. The predicted octanol–water partition coefficient (Wildman–Crippen LogP) is 4.51. The molecular formula is C24H29N3O4. The minimum atomic E-state index is -0.227. The first-order valence-electron chi connectivity index (χ1n) is 10.2. The third kappa shape index (κ3) is 4.99. The molecule has 31 heavy (non-hydrogen) atoms. The SMILES string of the molecule is CCC(C)C(NC(=O)/C=C/c1cc(OC)c(OC)c(OC)c1)c1nc2ccccc2[nH]1. The first kappa shape index (κ1) is 22.2. The van der Waals surface area contributed by atoms with E-state index in [2.05, 4.69) is 29.1 Å². The molecule has 0 fully saturated rings. The third-order valence-electron chi connectivity index (χ3n) is 5.33. The fourth-order valence-electron chi connectivity index (χ4n) is 3.41. The lowest BCUT2D eigenvalue weighted by molar-refractivity contribution is -0.117. The standard InChI is InChI=1S/C24H29N3O4/c1-6-15(2)22(24-25-17-9-7-8-10-18(17)26-24)27-21(28)12-11-16-13-19(29-3)23(31-5)20(14-16)30-4/h7-15,22H,6H2,1-5H3,(H,25,26)(H,27,28)/b12-11+. The van der Waals surface area contributed by atoms with E-state index >= 15 is 0 Å². The number of para-hydroxylation sites is 2. The Kier molecular flexibility index (Phi) is 7.18. The zero-order valence-corrected chi connectivity index (χ0v) is 18.6. The molecule has 0 saturated heterocycles. The topological polar surface area (TPSA) is 85.5 Å². The van der Waals surface area contributed by atoms with Gasteiger partial charge in [0.15, 0.2) is 11.5 Å². The summed E-state index contributed by atoms with van der Waals surface area (Å²) in [6, 6.07) is 11.2. The van der Waals surface area contributed by atoms with E-state index in [0.29, 0.717) is 17.2 Å². The normalized spacial score (nSPS) is 13.2. The molecule has 0 spiro atoms. The summed E-state index contributed by atoms with van der Waals surface area (Å²) in [6.07, 6.45) is 4.11. The number of nitrogens with zero attached hydrogens (tertiary/aromatic N) is 1. The van der Waals surface area contributed by atoms with Crippen molar-refractivity contribution < 1.29 is 19.0 Å². The van der Waals surface area contributed by atoms with Gasteiger partial charge >= 0.3 is 0 Å². The molecule has 0 aliphatic heterocycles. The van der Waals surface area contributed by atoms with Crippen molar-refractivity contribution in [2.24, 2.45) is 5.92 Å². The van der Waals surface area contributed by atoms with Crippen LogP contribution in [0.5, 0.6) is 17.2 Å². The van der Waals surface area contributed by atoms with Crippen molar-refractivity contribution >= 4 is 23.0 Å². The van der Waals surface area contributed by atoms with Crippen LogP contribution in [0.15, 0.2) is 42.5 Å². The van der Waals surface area contributed by atoms with Crippen LogP contribution in [0.1, 0.15) is 37.7 Å². The second kappa shape index (κ2) is 10.0. The van der Waals surface area contributed by atoms with Gasteiger partial charge in [0.05, 0.1) is 38.4 Å². The van der Waals surface area contributed by atoms with Gasteiger partial charge in [-0.15, -0.1) is 0 Å². The number of aromatic nitrogens is 2. The van der Waals surface area contributed by atoms with Gasteiger partial charge in [0.1, 0.15) is 5.82 Å². The van der Waals surface area contributed by atoms with Gasteiger partial charge in [0.2, 0.25) is 11.7 Å². The maximum absolute atomic E-state index is 12.7. The van der Waals surface area contributed by atoms with E-state index in [1.54, 1.807) is 39.5 Å². The van der Waals surface area contributed by atoms with Crippen molar-refractivity contribution in [2.45, 2.75) is 26.3 Å². The summed E-state index contributed by atoms with van der Waals surface area (Å²) in [4.78, 5) is 20.8. The van der Waals surface area contributed by atoms with E-state index < -0.39 is 0 Å². The Bertz CT molecular complexity index is 1020. The van der Waals surface area contributed by atoms with Crippen molar-refractivity contribution in [1.29, 1.82) is 0 Å². The molecule has 2 aromatic carbocycles. The molecule has 2 N–H and O–H groups in total. The van der Waals surface area contributed by atoms with Gasteiger partial charge in [0, 0.05) is 6.08 Å². The first-order chi connectivity index (χ1) is 15.0. The number of amides is 1. The number of hydrogen-bond acceptors (Lipinski definition) is 5. The van der Waals surface area contributed by atoms with Crippen LogP contribution in [0.25, 0.3) is 17.1 Å². The highest BCUT2D eigenvalue weighted by Gasteiger charge is 2.23. The van der Waals surface area contributed by atoms with Crippen LogP contribution in [0.3, 0.4) is 0 Å². The summed E-state index contributed by atoms with van der Waals surface area (Å²) in [5.41, 5.74) is 2.59. The number of ether oxygens (including phenoxy) is 3. The van der Waals surface area contributed by atoms with Crippen LogP contribution in [0, 0.1) is 5.92 Å². The number of hydrogen-bond donors (Lipinski definition) is 2. The molecule has 3 rings (SSSR count). The lowest BCUT2D eigenvalue weighted by atomic mass is 9.98. The Hall–Kier alpha value is -3.48. The molecule has 1 aromatic heterocycles. The predicted molar refractivity (Wildman–Crippen MR) is 122 cm³/mol. The number of fused-ring (bicyclic) bond motifs is 1. The summed E-state index contributed by atoms with van der Waals surface area (Å²) in [6.45, 7) is 4.19. The molecule has 3 aromatic rings. The third-order valence-corrected chi connectivity index (χ3v) is 5.33. The second-order valence-corrected chi connectivity index (χ2v) is 7.30. The van der Waals surface area contributed by atoms with E-state index in [9.17, 15) is 4.79 Å². The fraction of sp³-hybridized carbons (Fsp3) is 0.333. The molecule has 0 aliphatic carbocycles. The average molecular weight is 424 g/mol. The van der Waals surface area contributed by atoms with Gasteiger partial charge in [0.25, 0.3) is 0 Å². The number of carbonyl (C=O) groups excluding carboxylic acids is 1. The summed E-state index contributed by atoms with van der Waals surface area (Å²) < 4.78 is 16.1. The van der Waals surface area contributed by atoms with Gasteiger partial charge in [-0.3, -0.25) is 4.79 Å². The Balaban J connectivity index is 1.82. The highest BCUT2D eigenvalue weighted by molar-refractivity contribution is 5.92. The van der Waals surface area contributed by atoms with E-state index in [0.717, 1.165) is 28.8 Å². The van der Waals surface area contributed by atoms with Crippen molar-refractivity contribution in [2.75, 3.05) is 21.3 Å². The molecule has 164 valence electrons. The number of carbonyl (C=O) groups is 1.